The predicted molar refractivity (Wildman–Crippen MR) is 66.7 cm³/mol. The number of nitrogens with two attached hydrogens (primary N) is 1. The van der Waals surface area contributed by atoms with Gasteiger partial charge in [-0.2, -0.15) is 5.10 Å². The number of halogens is 2. The molecule has 1 aromatic heterocycles. The van der Waals surface area contributed by atoms with Crippen LogP contribution >= 0.6 is 0 Å². The van der Waals surface area contributed by atoms with Gasteiger partial charge in [0.15, 0.2) is 11.6 Å². The topological polar surface area (TPSA) is 83.8 Å². The standard InChI is InChI=1S/C12H12F2N4O/c1-2-6-5-16-18-11(6)17-12(19)7-3-8(13)9(14)4-10(7)15/h3-5H,2,15H2,1H3,(H2,16,17,18,19). The van der Waals surface area contributed by atoms with Crippen LogP contribution in [0.1, 0.15) is 22.8 Å². The van der Waals surface area contributed by atoms with Crippen LogP contribution in [0.2, 0.25) is 0 Å². The first kappa shape index (κ1) is 13.0. The van der Waals surface area contributed by atoms with Gasteiger partial charge in [-0.15, -0.1) is 0 Å². The highest BCUT2D eigenvalue weighted by atomic mass is 19.2. The van der Waals surface area contributed by atoms with Crippen molar-refractivity contribution in [3.8, 4) is 0 Å². The Hall–Kier alpha value is -2.44. The molecule has 5 nitrogen and oxygen atoms in total. The number of nitrogen functional groups attached to an aromatic ring is 1. The molecule has 100 valence electrons. The molecule has 0 aliphatic rings. The SMILES string of the molecule is CCc1cn[nH]c1NC(=O)c1cc(F)c(F)cc1N. The molecule has 1 aromatic carbocycles. The van der Waals surface area contributed by atoms with E-state index < -0.39 is 17.5 Å². The average molecular weight is 266 g/mol. The van der Waals surface area contributed by atoms with Gasteiger partial charge in [-0.25, -0.2) is 8.78 Å². The van der Waals surface area contributed by atoms with Crippen LogP contribution in [0.3, 0.4) is 0 Å². The molecule has 1 heterocycles. The summed E-state index contributed by atoms with van der Waals surface area (Å²) >= 11 is 0. The molecule has 7 heteroatoms. The van der Waals surface area contributed by atoms with Crippen molar-refractivity contribution in [3.63, 3.8) is 0 Å². The Kier molecular flexibility index (Phi) is 3.46. The van der Waals surface area contributed by atoms with Gasteiger partial charge in [0, 0.05) is 17.3 Å². The summed E-state index contributed by atoms with van der Waals surface area (Å²) in [6, 6.07) is 1.54. The van der Waals surface area contributed by atoms with Gasteiger partial charge >= 0.3 is 0 Å². The molecule has 0 bridgehead atoms. The van der Waals surface area contributed by atoms with E-state index in [9.17, 15) is 13.6 Å². The fraction of sp³-hybridized carbons (Fsp3) is 0.167. The van der Waals surface area contributed by atoms with Crippen molar-refractivity contribution >= 4 is 17.4 Å². The van der Waals surface area contributed by atoms with Crippen LogP contribution in [0.5, 0.6) is 0 Å². The lowest BCUT2D eigenvalue weighted by Crippen LogP contribution is -2.16. The Bertz CT molecular complexity index is 624. The number of aromatic nitrogens is 2. The van der Waals surface area contributed by atoms with Crippen molar-refractivity contribution < 1.29 is 13.6 Å². The Morgan fingerprint density at radius 2 is 2.11 bits per heavy atom. The molecule has 0 aliphatic heterocycles. The molecule has 2 aromatic rings. The number of anilines is 2. The minimum atomic E-state index is -1.13. The molecule has 2 rings (SSSR count). The molecule has 1 amide bonds. The van der Waals surface area contributed by atoms with Crippen LogP contribution in [0.15, 0.2) is 18.3 Å². The van der Waals surface area contributed by atoms with E-state index in [1.807, 2.05) is 6.92 Å². The summed E-state index contributed by atoms with van der Waals surface area (Å²) in [5, 5.41) is 8.92. The first-order chi connectivity index (χ1) is 9.02. The first-order valence-electron chi connectivity index (χ1n) is 5.61. The number of amides is 1. The lowest BCUT2D eigenvalue weighted by Gasteiger charge is -2.07. The maximum Gasteiger partial charge on any atom is 0.259 e. The summed E-state index contributed by atoms with van der Waals surface area (Å²) in [5.41, 5.74) is 6.04. The fourth-order valence-electron chi connectivity index (χ4n) is 1.63. The van der Waals surface area contributed by atoms with Gasteiger partial charge in [0.1, 0.15) is 5.82 Å². The number of aryl methyl sites for hydroxylation is 1. The molecule has 0 aliphatic carbocycles. The van der Waals surface area contributed by atoms with Crippen molar-refractivity contribution in [2.75, 3.05) is 11.1 Å². The summed E-state index contributed by atoms with van der Waals surface area (Å²) in [7, 11) is 0. The van der Waals surface area contributed by atoms with Gasteiger partial charge in [0.25, 0.3) is 5.91 Å². The van der Waals surface area contributed by atoms with Crippen LogP contribution < -0.4 is 11.1 Å². The van der Waals surface area contributed by atoms with Gasteiger partial charge < -0.3 is 11.1 Å². The molecule has 0 saturated carbocycles. The number of H-pyrrole nitrogens is 1. The maximum absolute atomic E-state index is 13.1. The van der Waals surface area contributed by atoms with Gasteiger partial charge in [0.2, 0.25) is 0 Å². The van der Waals surface area contributed by atoms with Crippen LogP contribution in [0, 0.1) is 11.6 Å². The maximum atomic E-state index is 13.1. The number of carbonyl (C=O) groups excluding carboxylic acids is 1. The zero-order valence-electron chi connectivity index (χ0n) is 10.1. The van der Waals surface area contributed by atoms with E-state index in [4.69, 9.17) is 5.73 Å². The van der Waals surface area contributed by atoms with E-state index >= 15 is 0 Å². The lowest BCUT2D eigenvalue weighted by atomic mass is 10.1. The van der Waals surface area contributed by atoms with E-state index in [-0.39, 0.29) is 11.3 Å². The number of benzene rings is 1. The monoisotopic (exact) mass is 266 g/mol. The molecular weight excluding hydrogens is 254 g/mol. The quantitative estimate of drug-likeness (QED) is 0.744. The van der Waals surface area contributed by atoms with E-state index in [1.54, 1.807) is 6.20 Å². The zero-order valence-corrected chi connectivity index (χ0v) is 10.1. The molecule has 0 saturated heterocycles. The Morgan fingerprint density at radius 1 is 1.42 bits per heavy atom. The number of hydrogen-bond acceptors (Lipinski definition) is 3. The third kappa shape index (κ3) is 2.54. The second-order valence-electron chi connectivity index (χ2n) is 3.93. The molecule has 19 heavy (non-hydrogen) atoms. The van der Waals surface area contributed by atoms with Crippen molar-refractivity contribution in [3.05, 3.63) is 41.1 Å². The molecular formula is C12H12F2N4O. The Morgan fingerprint density at radius 3 is 2.79 bits per heavy atom. The van der Waals surface area contributed by atoms with Crippen molar-refractivity contribution in [1.82, 2.24) is 10.2 Å². The summed E-state index contributed by atoms with van der Waals surface area (Å²) in [4.78, 5) is 11.9. The molecule has 0 unspecified atom stereocenters. The summed E-state index contributed by atoms with van der Waals surface area (Å²) in [5.74, 6) is -2.43. The zero-order chi connectivity index (χ0) is 14.0. The number of nitrogens with zero attached hydrogens (tertiary/aromatic N) is 1. The minimum absolute atomic E-state index is 0.129. The van der Waals surface area contributed by atoms with Crippen molar-refractivity contribution in [2.24, 2.45) is 0 Å². The third-order valence-corrected chi connectivity index (χ3v) is 2.67. The second-order valence-corrected chi connectivity index (χ2v) is 3.93. The van der Waals surface area contributed by atoms with Gasteiger partial charge in [-0.05, 0) is 12.5 Å². The van der Waals surface area contributed by atoms with Crippen LogP contribution in [-0.4, -0.2) is 16.1 Å². The highest BCUT2D eigenvalue weighted by Crippen LogP contribution is 2.19. The molecule has 0 fully saturated rings. The van der Waals surface area contributed by atoms with Crippen molar-refractivity contribution in [1.29, 1.82) is 0 Å². The van der Waals surface area contributed by atoms with Gasteiger partial charge in [-0.3, -0.25) is 9.89 Å². The van der Waals surface area contributed by atoms with Crippen LogP contribution in [0.4, 0.5) is 20.3 Å². The average Bonchev–Trinajstić information content (AvgIpc) is 2.80. The highest BCUT2D eigenvalue weighted by molar-refractivity contribution is 6.07. The number of rotatable bonds is 3. The summed E-state index contributed by atoms with van der Waals surface area (Å²) < 4.78 is 26.0. The number of carbonyl (C=O) groups is 1. The highest BCUT2D eigenvalue weighted by Gasteiger charge is 2.16. The normalized spacial score (nSPS) is 10.5. The third-order valence-electron chi connectivity index (χ3n) is 2.67. The first-order valence-corrected chi connectivity index (χ1v) is 5.61. The number of nitrogens with one attached hydrogen (secondary N) is 2. The number of hydrogen-bond donors (Lipinski definition) is 3. The molecule has 4 N–H and O–H groups in total. The van der Waals surface area contributed by atoms with E-state index in [1.165, 1.54) is 0 Å². The smallest absolute Gasteiger partial charge is 0.259 e. The van der Waals surface area contributed by atoms with E-state index in [2.05, 4.69) is 15.5 Å². The molecule has 0 radical (unpaired) electrons. The summed E-state index contributed by atoms with van der Waals surface area (Å²) in [6.45, 7) is 1.90. The van der Waals surface area contributed by atoms with E-state index in [0.29, 0.717) is 12.2 Å². The van der Waals surface area contributed by atoms with Crippen LogP contribution in [-0.2, 0) is 6.42 Å². The molecule has 0 atom stereocenters. The second kappa shape index (κ2) is 5.05. The van der Waals surface area contributed by atoms with E-state index in [0.717, 1.165) is 17.7 Å². The Labute approximate surface area is 107 Å². The van der Waals surface area contributed by atoms with Crippen molar-refractivity contribution in [2.45, 2.75) is 13.3 Å². The lowest BCUT2D eigenvalue weighted by molar-refractivity contribution is 0.102. The number of aromatic amines is 1. The predicted octanol–water partition coefficient (Wildman–Crippen LogP) is 2.08. The molecule has 0 spiro atoms. The largest absolute Gasteiger partial charge is 0.398 e. The Balaban J connectivity index is 2.28. The fourth-order valence-corrected chi connectivity index (χ4v) is 1.63. The van der Waals surface area contributed by atoms with Gasteiger partial charge in [0.05, 0.1) is 11.8 Å². The van der Waals surface area contributed by atoms with Crippen LogP contribution in [0.25, 0.3) is 0 Å². The summed E-state index contributed by atoms with van der Waals surface area (Å²) in [6.07, 6.45) is 2.24. The van der Waals surface area contributed by atoms with Gasteiger partial charge in [-0.1, -0.05) is 6.92 Å². The minimum Gasteiger partial charge on any atom is -0.398 e.